The highest BCUT2D eigenvalue weighted by atomic mass is 35.5. The van der Waals surface area contributed by atoms with Gasteiger partial charge in [-0.1, -0.05) is 29.3 Å². The molecule has 0 radical (unpaired) electrons. The highest BCUT2D eigenvalue weighted by Crippen LogP contribution is 2.39. The maximum absolute atomic E-state index is 13.2. The van der Waals surface area contributed by atoms with Crippen molar-refractivity contribution in [2.24, 2.45) is 11.8 Å². The van der Waals surface area contributed by atoms with Crippen LogP contribution in [0.3, 0.4) is 0 Å². The van der Waals surface area contributed by atoms with Gasteiger partial charge in [0.2, 0.25) is 0 Å². The number of hydrogen-bond donors (Lipinski definition) is 1. The van der Waals surface area contributed by atoms with Crippen LogP contribution in [-0.4, -0.2) is 70.2 Å². The number of alkyl halides is 2. The number of benzene rings is 2. The molecule has 2 aliphatic rings. The third kappa shape index (κ3) is 13.2. The number of ether oxygens (including phenoxy) is 6. The second-order valence-corrected chi connectivity index (χ2v) is 16.0. The summed E-state index contributed by atoms with van der Waals surface area (Å²) in [5.41, 5.74) is 0.0417. The molecule has 5 rings (SSSR count). The molecule has 1 heterocycles. The molecule has 304 valence electrons. The molecule has 0 saturated heterocycles. The first-order valence-corrected chi connectivity index (χ1v) is 19.6. The van der Waals surface area contributed by atoms with Crippen molar-refractivity contribution in [3.63, 3.8) is 0 Å². The molecule has 0 bridgehead atoms. The Bertz CT molecular complexity index is 1890. The van der Waals surface area contributed by atoms with Crippen LogP contribution >= 0.6 is 23.2 Å². The molecular formula is C38H42Cl2F2N2O11S. The van der Waals surface area contributed by atoms with Crippen LogP contribution in [0.25, 0.3) is 0 Å². The SMILES string of the molecule is CC(C)(C)OC(=O)CN(c1ccc(C(=O)OCCC(=O)OC(Cc2c(Cl)cncc2Cl)c2ccc(OC(F)F)c(OCC3CC3)c2)cc1OCC1CC1)S(=O)O. The highest BCUT2D eigenvalue weighted by Gasteiger charge is 2.29. The second kappa shape index (κ2) is 19.3. The van der Waals surface area contributed by atoms with Crippen molar-refractivity contribution in [2.45, 2.75) is 77.6 Å². The van der Waals surface area contributed by atoms with E-state index in [9.17, 15) is 31.9 Å². The fraction of sp³-hybridized carbons (Fsp3) is 0.474. The third-order valence-corrected chi connectivity index (χ3v) is 9.75. The van der Waals surface area contributed by atoms with E-state index in [0.717, 1.165) is 30.0 Å². The topological polar surface area (TPSA) is 160 Å². The number of carbonyl (C=O) groups excluding carboxylic acids is 3. The van der Waals surface area contributed by atoms with E-state index < -0.39 is 60.6 Å². The van der Waals surface area contributed by atoms with Gasteiger partial charge in [-0.3, -0.25) is 23.4 Å². The van der Waals surface area contributed by atoms with Crippen LogP contribution in [0.2, 0.25) is 10.0 Å². The lowest BCUT2D eigenvalue weighted by Gasteiger charge is -2.25. The Kier molecular flexibility index (Phi) is 14.8. The van der Waals surface area contributed by atoms with Gasteiger partial charge in [0, 0.05) is 18.8 Å². The van der Waals surface area contributed by atoms with Gasteiger partial charge in [-0.15, -0.1) is 0 Å². The molecule has 56 heavy (non-hydrogen) atoms. The highest BCUT2D eigenvalue weighted by molar-refractivity contribution is 7.80. The average molecular weight is 844 g/mol. The van der Waals surface area contributed by atoms with Gasteiger partial charge in [0.15, 0.2) is 11.5 Å². The minimum atomic E-state index is -3.10. The van der Waals surface area contributed by atoms with Crippen LogP contribution in [-0.2, 0) is 41.5 Å². The molecule has 2 fully saturated rings. The number of nitrogens with zero attached hydrogens (tertiary/aromatic N) is 2. The first-order chi connectivity index (χ1) is 26.6. The van der Waals surface area contributed by atoms with Gasteiger partial charge in [-0.25, -0.2) is 9.00 Å². The van der Waals surface area contributed by atoms with Crippen molar-refractivity contribution >= 4 is 58.1 Å². The lowest BCUT2D eigenvalue weighted by Crippen LogP contribution is -2.36. The minimum Gasteiger partial charge on any atom is -0.491 e. The first kappa shape index (κ1) is 42.9. The van der Waals surface area contributed by atoms with Gasteiger partial charge < -0.3 is 28.4 Å². The zero-order valence-corrected chi connectivity index (χ0v) is 33.2. The van der Waals surface area contributed by atoms with Crippen LogP contribution < -0.4 is 18.5 Å². The Hall–Kier alpha value is -4.25. The summed E-state index contributed by atoms with van der Waals surface area (Å²) >= 11 is 10.1. The molecule has 3 aromatic rings. The van der Waals surface area contributed by atoms with Gasteiger partial charge in [-0.05, 0) is 99.7 Å². The molecule has 2 unspecified atom stereocenters. The Morgan fingerprint density at radius 1 is 0.929 bits per heavy atom. The van der Waals surface area contributed by atoms with Crippen molar-refractivity contribution in [2.75, 3.05) is 30.7 Å². The van der Waals surface area contributed by atoms with E-state index in [4.69, 9.17) is 46.9 Å². The fourth-order valence-corrected chi connectivity index (χ4v) is 6.32. The van der Waals surface area contributed by atoms with Crippen molar-refractivity contribution in [3.05, 3.63) is 75.5 Å². The molecule has 1 aromatic heterocycles. The summed E-state index contributed by atoms with van der Waals surface area (Å²) in [6, 6.07) is 8.22. The van der Waals surface area contributed by atoms with Crippen molar-refractivity contribution in [1.82, 2.24) is 4.98 Å². The van der Waals surface area contributed by atoms with E-state index >= 15 is 0 Å². The summed E-state index contributed by atoms with van der Waals surface area (Å²) < 4.78 is 82.6. The molecule has 2 aliphatic carbocycles. The van der Waals surface area contributed by atoms with Gasteiger partial charge in [0.1, 0.15) is 30.6 Å². The number of hydrogen-bond acceptors (Lipinski definition) is 11. The number of esters is 3. The lowest BCUT2D eigenvalue weighted by atomic mass is 10.0. The smallest absolute Gasteiger partial charge is 0.387 e. The first-order valence-electron chi connectivity index (χ1n) is 17.8. The summed E-state index contributed by atoms with van der Waals surface area (Å²) in [4.78, 5) is 42.9. The van der Waals surface area contributed by atoms with Crippen molar-refractivity contribution < 1.29 is 60.3 Å². The minimum absolute atomic E-state index is 0.0125. The van der Waals surface area contributed by atoms with E-state index in [2.05, 4.69) is 9.72 Å². The van der Waals surface area contributed by atoms with E-state index in [0.29, 0.717) is 23.7 Å². The van der Waals surface area contributed by atoms with Crippen LogP contribution in [0.5, 0.6) is 17.2 Å². The van der Waals surface area contributed by atoms with Gasteiger partial charge in [0.25, 0.3) is 11.3 Å². The van der Waals surface area contributed by atoms with E-state index in [1.54, 1.807) is 20.8 Å². The Labute approximate surface area is 335 Å². The molecule has 0 amide bonds. The second-order valence-electron chi connectivity index (χ2n) is 14.3. The molecule has 18 heteroatoms. The molecule has 2 aromatic carbocycles. The predicted molar refractivity (Wildman–Crippen MR) is 202 cm³/mol. The van der Waals surface area contributed by atoms with E-state index in [-0.39, 0.29) is 63.9 Å². The monoisotopic (exact) mass is 842 g/mol. The van der Waals surface area contributed by atoms with Gasteiger partial charge in [-0.2, -0.15) is 8.78 Å². The Morgan fingerprint density at radius 3 is 2.16 bits per heavy atom. The Morgan fingerprint density at radius 2 is 1.57 bits per heavy atom. The molecule has 2 saturated carbocycles. The van der Waals surface area contributed by atoms with Gasteiger partial charge in [0.05, 0.1) is 40.9 Å². The number of anilines is 1. The fourth-order valence-electron chi connectivity index (χ4n) is 5.27. The maximum Gasteiger partial charge on any atom is 0.387 e. The predicted octanol–water partition coefficient (Wildman–Crippen LogP) is 7.93. The van der Waals surface area contributed by atoms with Crippen molar-refractivity contribution in [1.29, 1.82) is 0 Å². The summed E-state index contributed by atoms with van der Waals surface area (Å²) in [6.07, 6.45) is 5.10. The van der Waals surface area contributed by atoms with Crippen LogP contribution in [0, 0.1) is 11.8 Å². The quantitative estimate of drug-likeness (QED) is 0.0666. The molecule has 1 N–H and O–H groups in total. The number of rotatable bonds is 20. The standard InChI is InChI=1S/C38H42Cl2F2N2O11S/c1-38(2,3)55-35(46)19-44(56(48)49)29-10-8-25(15-32(29)51-20-22-4-5-22)36(47)50-13-12-34(45)53-31(16-26-27(39)17-43-18-28(26)40)24-9-11-30(54-37(41)42)33(14-24)52-21-23-6-7-23/h8-11,14-15,17-18,22-23,31,37H,4-7,12-13,16,19-21H2,1-3H3,(H,48,49). The number of aromatic nitrogens is 1. The van der Waals surface area contributed by atoms with Gasteiger partial charge >= 0.3 is 24.5 Å². The van der Waals surface area contributed by atoms with Crippen LogP contribution in [0.4, 0.5) is 14.5 Å². The van der Waals surface area contributed by atoms with Crippen LogP contribution in [0.15, 0.2) is 48.8 Å². The number of halogens is 4. The summed E-state index contributed by atoms with van der Waals surface area (Å²) in [6.45, 7) is 1.50. The molecular weight excluding hydrogens is 801 g/mol. The van der Waals surface area contributed by atoms with E-state index in [1.807, 2.05) is 0 Å². The summed E-state index contributed by atoms with van der Waals surface area (Å²) in [5, 5.41) is 0.417. The Balaban J connectivity index is 1.28. The third-order valence-electron chi connectivity index (χ3n) is 8.40. The normalized spacial score (nSPS) is 15.1. The maximum atomic E-state index is 13.2. The van der Waals surface area contributed by atoms with E-state index in [1.165, 1.54) is 48.8 Å². The summed E-state index contributed by atoms with van der Waals surface area (Å²) in [7, 11) is 0. The van der Waals surface area contributed by atoms with Crippen molar-refractivity contribution in [3.8, 4) is 17.2 Å². The number of pyridine rings is 1. The zero-order valence-electron chi connectivity index (χ0n) is 30.8. The summed E-state index contributed by atoms with van der Waals surface area (Å²) in [5.74, 6) is -1.85. The zero-order chi connectivity index (χ0) is 40.6. The molecule has 0 spiro atoms. The lowest BCUT2D eigenvalue weighted by molar-refractivity contribution is -0.153. The largest absolute Gasteiger partial charge is 0.491 e. The van der Waals surface area contributed by atoms with Crippen LogP contribution in [0.1, 0.15) is 80.5 Å². The molecule has 2 atom stereocenters. The number of carbonyl (C=O) groups is 3. The molecule has 13 nitrogen and oxygen atoms in total. The average Bonchev–Trinajstić information content (AvgIpc) is 4.06. The molecule has 0 aliphatic heterocycles.